The van der Waals surface area contributed by atoms with Crippen molar-refractivity contribution in [2.24, 2.45) is 5.10 Å². The van der Waals surface area contributed by atoms with E-state index in [4.69, 9.17) is 16.0 Å². The molecule has 1 aliphatic rings. The quantitative estimate of drug-likeness (QED) is 0.587. The molecule has 0 unspecified atom stereocenters. The molecule has 1 aromatic heterocycles. The number of halogens is 1. The van der Waals surface area contributed by atoms with Crippen LogP contribution in [-0.2, 0) is 11.3 Å². The fraction of sp³-hybridized carbons (Fsp3) is 0.300. The van der Waals surface area contributed by atoms with Crippen LogP contribution in [0.4, 0.5) is 0 Å². The summed E-state index contributed by atoms with van der Waals surface area (Å²) in [4.78, 5) is 16.5. The minimum atomic E-state index is -0.114. The van der Waals surface area contributed by atoms with E-state index in [0.717, 1.165) is 49.1 Å². The number of rotatable bonds is 7. The number of carbonyl (C=O) groups excluding carboxylic acids is 1. The van der Waals surface area contributed by atoms with Crippen LogP contribution in [0.3, 0.4) is 0 Å². The molecule has 142 valence electrons. The minimum absolute atomic E-state index is 0.114. The van der Waals surface area contributed by atoms with Crippen molar-refractivity contribution in [1.29, 1.82) is 0 Å². The fourth-order valence-electron chi connectivity index (χ4n) is 2.89. The van der Waals surface area contributed by atoms with Gasteiger partial charge in [-0.05, 0) is 35.9 Å². The zero-order valence-electron chi connectivity index (χ0n) is 15.1. The van der Waals surface area contributed by atoms with Crippen LogP contribution in [0.1, 0.15) is 11.3 Å². The predicted octanol–water partition coefficient (Wildman–Crippen LogP) is 2.87. The van der Waals surface area contributed by atoms with E-state index >= 15 is 0 Å². The van der Waals surface area contributed by atoms with Crippen molar-refractivity contribution in [1.82, 2.24) is 15.2 Å². The molecule has 0 radical (unpaired) electrons. The smallest absolute Gasteiger partial charge is 0.254 e. The van der Waals surface area contributed by atoms with Crippen LogP contribution in [-0.4, -0.2) is 54.6 Å². The van der Waals surface area contributed by atoms with Gasteiger partial charge < -0.3 is 4.42 Å². The number of hydrogen-bond donors (Lipinski definition) is 1. The first-order valence-corrected chi connectivity index (χ1v) is 9.29. The first-order chi connectivity index (χ1) is 13.2. The van der Waals surface area contributed by atoms with Crippen molar-refractivity contribution < 1.29 is 9.21 Å². The highest BCUT2D eigenvalue weighted by Crippen LogP contribution is 2.17. The van der Waals surface area contributed by atoms with E-state index < -0.39 is 0 Å². The number of furan rings is 1. The maximum atomic E-state index is 12.0. The van der Waals surface area contributed by atoms with Gasteiger partial charge in [0.2, 0.25) is 0 Å². The Labute approximate surface area is 164 Å². The van der Waals surface area contributed by atoms with Gasteiger partial charge in [0.15, 0.2) is 0 Å². The van der Waals surface area contributed by atoms with Gasteiger partial charge in [0.25, 0.3) is 5.91 Å². The lowest BCUT2D eigenvalue weighted by Gasteiger charge is -2.34. The van der Waals surface area contributed by atoms with Crippen LogP contribution in [0.15, 0.2) is 58.3 Å². The fourth-order valence-corrected chi connectivity index (χ4v) is 3.08. The Balaban J connectivity index is 1.35. The van der Waals surface area contributed by atoms with Crippen LogP contribution < -0.4 is 5.43 Å². The van der Waals surface area contributed by atoms with Crippen LogP contribution in [0.2, 0.25) is 5.02 Å². The number of allylic oxidation sites excluding steroid dienone is 1. The Morgan fingerprint density at radius 1 is 1.15 bits per heavy atom. The third-order valence-corrected chi connectivity index (χ3v) is 4.71. The topological polar surface area (TPSA) is 61.1 Å². The van der Waals surface area contributed by atoms with E-state index in [1.807, 2.05) is 30.3 Å². The van der Waals surface area contributed by atoms with Gasteiger partial charge in [-0.1, -0.05) is 29.8 Å². The van der Waals surface area contributed by atoms with Gasteiger partial charge in [-0.25, -0.2) is 5.43 Å². The van der Waals surface area contributed by atoms with E-state index in [1.54, 1.807) is 18.4 Å². The van der Waals surface area contributed by atoms with E-state index in [2.05, 4.69) is 26.4 Å². The van der Waals surface area contributed by atoms with Gasteiger partial charge in [0.1, 0.15) is 5.76 Å². The Kier molecular flexibility index (Phi) is 7.21. The van der Waals surface area contributed by atoms with E-state index in [1.165, 1.54) is 6.21 Å². The predicted molar refractivity (Wildman–Crippen MR) is 108 cm³/mol. The highest BCUT2D eigenvalue weighted by molar-refractivity contribution is 6.31. The molecule has 1 amide bonds. The Morgan fingerprint density at radius 2 is 1.93 bits per heavy atom. The molecule has 1 aliphatic heterocycles. The van der Waals surface area contributed by atoms with E-state index in [0.29, 0.717) is 6.54 Å². The number of hydrazone groups is 1. The van der Waals surface area contributed by atoms with Crippen molar-refractivity contribution in [3.63, 3.8) is 0 Å². The summed E-state index contributed by atoms with van der Waals surface area (Å²) in [5.41, 5.74) is 3.69. The standard InChI is InChI=1S/C20H23ClN4O2/c21-19-8-2-1-5-17(19)15-24-10-12-25(13-11-24)16-20(26)23-22-9-3-6-18-7-4-14-27-18/h1-9,14H,10-13,15-16H2,(H,23,26)/b6-3+,22-9?. The number of carbonyl (C=O) groups is 1. The third-order valence-electron chi connectivity index (χ3n) is 4.34. The van der Waals surface area contributed by atoms with E-state index in [-0.39, 0.29) is 5.91 Å². The lowest BCUT2D eigenvalue weighted by Crippen LogP contribution is -2.48. The molecule has 1 N–H and O–H groups in total. The summed E-state index contributed by atoms with van der Waals surface area (Å²) in [6.45, 7) is 4.70. The maximum absolute atomic E-state index is 12.0. The maximum Gasteiger partial charge on any atom is 0.254 e. The second kappa shape index (κ2) is 10.1. The summed E-state index contributed by atoms with van der Waals surface area (Å²) in [6, 6.07) is 11.6. The monoisotopic (exact) mass is 386 g/mol. The van der Waals surface area contributed by atoms with Crippen LogP contribution in [0.25, 0.3) is 6.08 Å². The summed E-state index contributed by atoms with van der Waals surface area (Å²) >= 11 is 6.23. The van der Waals surface area contributed by atoms with Crippen molar-refractivity contribution in [2.75, 3.05) is 32.7 Å². The average molecular weight is 387 g/mol. The normalized spacial score (nSPS) is 16.3. The van der Waals surface area contributed by atoms with E-state index in [9.17, 15) is 4.79 Å². The highest BCUT2D eigenvalue weighted by atomic mass is 35.5. The minimum Gasteiger partial charge on any atom is -0.465 e. The molecule has 0 spiro atoms. The molecule has 0 aliphatic carbocycles. The summed E-state index contributed by atoms with van der Waals surface area (Å²) < 4.78 is 5.16. The van der Waals surface area contributed by atoms with Gasteiger partial charge in [-0.2, -0.15) is 5.10 Å². The van der Waals surface area contributed by atoms with Crippen molar-refractivity contribution >= 4 is 29.8 Å². The summed E-state index contributed by atoms with van der Waals surface area (Å²) in [5.74, 6) is 0.625. The van der Waals surface area contributed by atoms with Gasteiger partial charge in [0, 0.05) is 44.0 Å². The number of nitrogens with zero attached hydrogens (tertiary/aromatic N) is 3. The summed E-state index contributed by atoms with van der Waals surface area (Å²) in [7, 11) is 0. The van der Waals surface area contributed by atoms with Crippen LogP contribution >= 0.6 is 11.6 Å². The zero-order chi connectivity index (χ0) is 18.9. The second-order valence-electron chi connectivity index (χ2n) is 6.33. The van der Waals surface area contributed by atoms with Crippen molar-refractivity contribution in [3.05, 3.63) is 65.1 Å². The Hall–Kier alpha value is -2.41. The van der Waals surface area contributed by atoms with Gasteiger partial charge in [-0.15, -0.1) is 0 Å². The Bertz CT molecular complexity index is 781. The SMILES string of the molecule is O=C(CN1CCN(Cc2ccccc2Cl)CC1)NN=C/C=C/c1ccco1. The molecule has 27 heavy (non-hydrogen) atoms. The molecule has 1 fully saturated rings. The molecule has 2 heterocycles. The molecule has 0 bridgehead atoms. The largest absolute Gasteiger partial charge is 0.465 e. The zero-order valence-corrected chi connectivity index (χ0v) is 15.8. The number of hydrogen-bond acceptors (Lipinski definition) is 5. The molecule has 6 nitrogen and oxygen atoms in total. The lowest BCUT2D eigenvalue weighted by molar-refractivity contribution is -0.122. The second-order valence-corrected chi connectivity index (χ2v) is 6.74. The molecule has 2 aromatic rings. The molecular weight excluding hydrogens is 364 g/mol. The molecule has 7 heteroatoms. The highest BCUT2D eigenvalue weighted by Gasteiger charge is 2.19. The molecular formula is C20H23ClN4O2. The molecule has 1 aromatic carbocycles. The Morgan fingerprint density at radius 3 is 2.67 bits per heavy atom. The number of benzene rings is 1. The average Bonchev–Trinajstić information content (AvgIpc) is 3.18. The van der Waals surface area contributed by atoms with Crippen molar-refractivity contribution in [2.45, 2.75) is 6.54 Å². The summed E-state index contributed by atoms with van der Waals surface area (Å²) in [6.07, 6.45) is 6.62. The van der Waals surface area contributed by atoms with Crippen LogP contribution in [0, 0.1) is 0 Å². The molecule has 1 saturated heterocycles. The number of piperazine rings is 1. The molecule has 0 atom stereocenters. The lowest BCUT2D eigenvalue weighted by atomic mass is 10.2. The first kappa shape index (κ1) is 19.4. The van der Waals surface area contributed by atoms with Gasteiger partial charge in [0.05, 0.1) is 12.8 Å². The number of amides is 1. The first-order valence-electron chi connectivity index (χ1n) is 8.91. The number of nitrogens with one attached hydrogen (secondary N) is 1. The molecule has 0 saturated carbocycles. The van der Waals surface area contributed by atoms with Gasteiger partial charge in [-0.3, -0.25) is 14.6 Å². The molecule has 3 rings (SSSR count). The third kappa shape index (κ3) is 6.36. The van der Waals surface area contributed by atoms with Gasteiger partial charge >= 0.3 is 0 Å². The van der Waals surface area contributed by atoms with Crippen LogP contribution in [0.5, 0.6) is 0 Å². The summed E-state index contributed by atoms with van der Waals surface area (Å²) in [5, 5.41) is 4.72. The van der Waals surface area contributed by atoms with Crippen molar-refractivity contribution in [3.8, 4) is 0 Å².